The van der Waals surface area contributed by atoms with Crippen LogP contribution in [0.5, 0.6) is 0 Å². The highest BCUT2D eigenvalue weighted by molar-refractivity contribution is 5.85. The minimum absolute atomic E-state index is 0. The first kappa shape index (κ1) is 15.9. The first-order chi connectivity index (χ1) is 9.72. The molecule has 0 saturated carbocycles. The number of nitrogens with zero attached hydrogens (tertiary/aromatic N) is 3. The van der Waals surface area contributed by atoms with Crippen LogP contribution in [0.25, 0.3) is 11.4 Å². The molecule has 1 fully saturated rings. The standard InChI is InChI=1S/C15H20N4O.ClH/c1-11(16)13-7-8-19(9-13)10-14-17-15(18-20-14)12-5-3-2-4-6-12;/h2-6,11,13H,7-10,16H2,1H3;1H. The van der Waals surface area contributed by atoms with Crippen molar-refractivity contribution in [2.45, 2.75) is 25.9 Å². The number of hydrogen-bond acceptors (Lipinski definition) is 5. The lowest BCUT2D eigenvalue weighted by Gasteiger charge is -2.15. The molecule has 6 heteroatoms. The molecule has 1 aromatic heterocycles. The summed E-state index contributed by atoms with van der Waals surface area (Å²) in [5.41, 5.74) is 6.94. The lowest BCUT2D eigenvalue weighted by molar-refractivity contribution is 0.257. The summed E-state index contributed by atoms with van der Waals surface area (Å²) in [5.74, 6) is 1.91. The van der Waals surface area contributed by atoms with Crippen LogP contribution in [-0.4, -0.2) is 34.2 Å². The Hall–Kier alpha value is -1.43. The van der Waals surface area contributed by atoms with Gasteiger partial charge in [-0.1, -0.05) is 35.5 Å². The van der Waals surface area contributed by atoms with E-state index in [1.165, 1.54) is 0 Å². The number of aromatic nitrogens is 2. The second-order valence-corrected chi connectivity index (χ2v) is 5.52. The molecular weight excluding hydrogens is 288 g/mol. The van der Waals surface area contributed by atoms with Crippen molar-refractivity contribution in [2.24, 2.45) is 11.7 Å². The van der Waals surface area contributed by atoms with Gasteiger partial charge in [-0.15, -0.1) is 12.4 Å². The zero-order valence-electron chi connectivity index (χ0n) is 12.1. The predicted molar refractivity (Wildman–Crippen MR) is 84.0 cm³/mol. The minimum atomic E-state index is 0. The van der Waals surface area contributed by atoms with Crippen LogP contribution < -0.4 is 5.73 Å². The second-order valence-electron chi connectivity index (χ2n) is 5.52. The number of likely N-dealkylation sites (tertiary alicyclic amines) is 1. The van der Waals surface area contributed by atoms with Crippen LogP contribution in [0, 0.1) is 5.92 Å². The van der Waals surface area contributed by atoms with Crippen molar-refractivity contribution in [3.63, 3.8) is 0 Å². The molecule has 2 unspecified atom stereocenters. The van der Waals surface area contributed by atoms with E-state index in [1.807, 2.05) is 30.3 Å². The van der Waals surface area contributed by atoms with E-state index in [4.69, 9.17) is 10.3 Å². The number of hydrogen-bond donors (Lipinski definition) is 1. The number of nitrogens with two attached hydrogens (primary N) is 1. The van der Waals surface area contributed by atoms with Crippen molar-refractivity contribution in [3.8, 4) is 11.4 Å². The van der Waals surface area contributed by atoms with E-state index in [1.54, 1.807) is 0 Å². The van der Waals surface area contributed by atoms with Gasteiger partial charge in [-0.05, 0) is 25.8 Å². The van der Waals surface area contributed by atoms with Gasteiger partial charge in [-0.3, -0.25) is 4.90 Å². The molecule has 0 amide bonds. The van der Waals surface area contributed by atoms with E-state index < -0.39 is 0 Å². The Labute approximate surface area is 130 Å². The summed E-state index contributed by atoms with van der Waals surface area (Å²) >= 11 is 0. The lowest BCUT2D eigenvalue weighted by atomic mass is 10.0. The van der Waals surface area contributed by atoms with Crippen molar-refractivity contribution < 1.29 is 4.52 Å². The SMILES string of the molecule is CC(N)C1CCN(Cc2nc(-c3ccccc3)no2)C1.Cl. The lowest BCUT2D eigenvalue weighted by Crippen LogP contribution is -2.29. The normalized spacial score (nSPS) is 20.2. The Morgan fingerprint density at radius 3 is 2.81 bits per heavy atom. The third-order valence-corrected chi connectivity index (χ3v) is 3.91. The van der Waals surface area contributed by atoms with Gasteiger partial charge >= 0.3 is 0 Å². The number of halogens is 1. The summed E-state index contributed by atoms with van der Waals surface area (Å²) in [5, 5.41) is 4.05. The van der Waals surface area contributed by atoms with E-state index in [-0.39, 0.29) is 18.4 Å². The first-order valence-corrected chi connectivity index (χ1v) is 7.08. The summed E-state index contributed by atoms with van der Waals surface area (Å²) in [6.45, 7) is 4.85. The Morgan fingerprint density at radius 2 is 2.14 bits per heavy atom. The van der Waals surface area contributed by atoms with Gasteiger partial charge in [0.1, 0.15) is 0 Å². The molecule has 5 nitrogen and oxygen atoms in total. The minimum Gasteiger partial charge on any atom is -0.338 e. The van der Waals surface area contributed by atoms with Gasteiger partial charge in [0.15, 0.2) is 0 Å². The number of rotatable bonds is 4. The third-order valence-electron chi connectivity index (χ3n) is 3.91. The Morgan fingerprint density at radius 1 is 1.38 bits per heavy atom. The quantitative estimate of drug-likeness (QED) is 0.939. The van der Waals surface area contributed by atoms with E-state index in [2.05, 4.69) is 22.0 Å². The molecule has 0 bridgehead atoms. The molecule has 1 aromatic carbocycles. The molecule has 1 aliphatic heterocycles. The summed E-state index contributed by atoms with van der Waals surface area (Å²) in [4.78, 5) is 6.79. The smallest absolute Gasteiger partial charge is 0.241 e. The maximum absolute atomic E-state index is 5.96. The summed E-state index contributed by atoms with van der Waals surface area (Å²) in [6.07, 6.45) is 1.15. The van der Waals surface area contributed by atoms with E-state index in [9.17, 15) is 0 Å². The maximum Gasteiger partial charge on any atom is 0.241 e. The molecular formula is C15H21ClN4O. The summed E-state index contributed by atoms with van der Waals surface area (Å²) in [6, 6.07) is 10.1. The Bertz CT molecular complexity index is 558. The van der Waals surface area contributed by atoms with Crippen molar-refractivity contribution in [1.29, 1.82) is 0 Å². The van der Waals surface area contributed by atoms with Gasteiger partial charge in [0.05, 0.1) is 6.54 Å². The molecule has 3 rings (SSSR count). The fraction of sp³-hybridized carbons (Fsp3) is 0.467. The zero-order valence-corrected chi connectivity index (χ0v) is 12.9. The van der Waals surface area contributed by atoms with Crippen LogP contribution in [0.3, 0.4) is 0 Å². The molecule has 2 aromatic rings. The Balaban J connectivity index is 0.00000161. The monoisotopic (exact) mass is 308 g/mol. The summed E-state index contributed by atoms with van der Waals surface area (Å²) in [7, 11) is 0. The largest absolute Gasteiger partial charge is 0.338 e. The highest BCUT2D eigenvalue weighted by Crippen LogP contribution is 2.21. The van der Waals surface area contributed by atoms with Crippen LogP contribution in [-0.2, 0) is 6.54 Å². The van der Waals surface area contributed by atoms with Crippen LogP contribution in [0.4, 0.5) is 0 Å². The first-order valence-electron chi connectivity index (χ1n) is 7.08. The van der Waals surface area contributed by atoms with Gasteiger partial charge in [0, 0.05) is 18.2 Å². The Kier molecular flexibility index (Phi) is 5.33. The fourth-order valence-electron chi connectivity index (χ4n) is 2.65. The summed E-state index contributed by atoms with van der Waals surface area (Å²) < 4.78 is 5.34. The molecule has 1 aliphatic rings. The van der Waals surface area contributed by atoms with E-state index in [0.29, 0.717) is 24.2 Å². The van der Waals surface area contributed by atoms with Crippen molar-refractivity contribution in [1.82, 2.24) is 15.0 Å². The highest BCUT2D eigenvalue weighted by atomic mass is 35.5. The molecule has 21 heavy (non-hydrogen) atoms. The predicted octanol–water partition coefficient (Wildman–Crippen LogP) is 2.33. The van der Waals surface area contributed by atoms with Gasteiger partial charge in [0.2, 0.25) is 11.7 Å². The molecule has 0 radical (unpaired) electrons. The molecule has 2 atom stereocenters. The zero-order chi connectivity index (χ0) is 13.9. The molecule has 2 heterocycles. The topological polar surface area (TPSA) is 68.2 Å². The van der Waals surface area contributed by atoms with Gasteiger partial charge in [-0.2, -0.15) is 4.98 Å². The van der Waals surface area contributed by atoms with Crippen LogP contribution in [0.15, 0.2) is 34.9 Å². The molecule has 0 aliphatic carbocycles. The van der Waals surface area contributed by atoms with Crippen molar-refractivity contribution >= 4 is 12.4 Å². The average molecular weight is 309 g/mol. The van der Waals surface area contributed by atoms with Crippen molar-refractivity contribution in [2.75, 3.05) is 13.1 Å². The van der Waals surface area contributed by atoms with Crippen LogP contribution >= 0.6 is 12.4 Å². The van der Waals surface area contributed by atoms with Crippen LogP contribution in [0.2, 0.25) is 0 Å². The van der Waals surface area contributed by atoms with Gasteiger partial charge < -0.3 is 10.3 Å². The molecule has 1 saturated heterocycles. The molecule has 114 valence electrons. The molecule has 0 spiro atoms. The third kappa shape index (κ3) is 3.81. The van der Waals surface area contributed by atoms with Crippen molar-refractivity contribution in [3.05, 3.63) is 36.2 Å². The number of benzene rings is 1. The van der Waals surface area contributed by atoms with Gasteiger partial charge in [-0.25, -0.2) is 0 Å². The average Bonchev–Trinajstić information content (AvgIpc) is 3.10. The van der Waals surface area contributed by atoms with E-state index in [0.717, 1.165) is 25.1 Å². The fourth-order valence-corrected chi connectivity index (χ4v) is 2.65. The highest BCUT2D eigenvalue weighted by Gasteiger charge is 2.26. The van der Waals surface area contributed by atoms with Gasteiger partial charge in [0.25, 0.3) is 0 Å². The molecule has 2 N–H and O–H groups in total. The second kappa shape index (κ2) is 7.02. The maximum atomic E-state index is 5.96. The van der Waals surface area contributed by atoms with Crippen LogP contribution in [0.1, 0.15) is 19.2 Å². The van der Waals surface area contributed by atoms with E-state index >= 15 is 0 Å².